The lowest BCUT2D eigenvalue weighted by Gasteiger charge is -2.08. The van der Waals surface area contributed by atoms with Crippen molar-refractivity contribution < 1.29 is 4.79 Å². The van der Waals surface area contributed by atoms with E-state index >= 15 is 0 Å². The van der Waals surface area contributed by atoms with E-state index in [1.165, 1.54) is 0 Å². The first-order valence-electron chi connectivity index (χ1n) is 6.82. The fraction of sp³-hybridized carbons (Fsp3) is 0.125. The lowest BCUT2D eigenvalue weighted by Crippen LogP contribution is -2.25. The molecule has 2 heterocycles. The molecule has 0 aliphatic heterocycles. The highest BCUT2D eigenvalue weighted by Gasteiger charge is 2.18. The van der Waals surface area contributed by atoms with E-state index in [2.05, 4.69) is 10.3 Å². The lowest BCUT2D eigenvalue weighted by molar-refractivity contribution is 0.0944. The van der Waals surface area contributed by atoms with E-state index in [4.69, 9.17) is 34.8 Å². The molecule has 0 spiro atoms. The Morgan fingerprint density at radius 3 is 2.70 bits per heavy atom. The van der Waals surface area contributed by atoms with Crippen LogP contribution in [0.2, 0.25) is 15.1 Å². The van der Waals surface area contributed by atoms with Crippen LogP contribution in [-0.2, 0) is 6.54 Å². The Balaban J connectivity index is 1.92. The summed E-state index contributed by atoms with van der Waals surface area (Å²) < 4.78 is 1.60. The van der Waals surface area contributed by atoms with Crippen LogP contribution in [0.15, 0.2) is 36.5 Å². The van der Waals surface area contributed by atoms with Crippen molar-refractivity contribution in [1.29, 1.82) is 0 Å². The van der Waals surface area contributed by atoms with E-state index in [0.29, 0.717) is 38.6 Å². The number of imidazole rings is 1. The number of carbonyl (C=O) groups excluding carboxylic acids is 1. The van der Waals surface area contributed by atoms with Crippen LogP contribution < -0.4 is 5.32 Å². The summed E-state index contributed by atoms with van der Waals surface area (Å²) in [6, 6.07) is 8.94. The normalized spacial score (nSPS) is 11.0. The molecule has 0 aliphatic carbocycles. The summed E-state index contributed by atoms with van der Waals surface area (Å²) in [5.41, 5.74) is 2.31. The van der Waals surface area contributed by atoms with Crippen molar-refractivity contribution in [1.82, 2.24) is 14.7 Å². The number of aromatic nitrogens is 2. The zero-order valence-electron chi connectivity index (χ0n) is 12.1. The number of pyridine rings is 1. The Kier molecular flexibility index (Phi) is 4.48. The van der Waals surface area contributed by atoms with E-state index in [1.807, 2.05) is 18.2 Å². The zero-order chi connectivity index (χ0) is 16.6. The second-order valence-electron chi connectivity index (χ2n) is 5.02. The smallest absolute Gasteiger partial charge is 0.270 e. The summed E-state index contributed by atoms with van der Waals surface area (Å²) in [5.74, 6) is -0.270. The first-order valence-corrected chi connectivity index (χ1v) is 7.96. The molecule has 3 rings (SSSR count). The van der Waals surface area contributed by atoms with Crippen LogP contribution in [0.5, 0.6) is 0 Å². The molecule has 0 atom stereocenters. The van der Waals surface area contributed by atoms with Gasteiger partial charge in [-0.15, -0.1) is 0 Å². The standard InChI is InChI=1S/C16H12Cl3N3O/c1-9-14(22-8-11(17)6-13(19)15(22)21-9)16(23)20-7-10-4-2-3-5-12(10)18/h2-6,8H,7H2,1H3,(H,20,23). The zero-order valence-corrected chi connectivity index (χ0v) is 14.4. The van der Waals surface area contributed by atoms with Gasteiger partial charge in [0.15, 0.2) is 5.65 Å². The van der Waals surface area contributed by atoms with Crippen LogP contribution in [0, 0.1) is 6.92 Å². The Labute approximate surface area is 148 Å². The highest BCUT2D eigenvalue weighted by atomic mass is 35.5. The molecule has 0 radical (unpaired) electrons. The molecule has 1 amide bonds. The third kappa shape index (κ3) is 3.15. The number of fused-ring (bicyclic) bond motifs is 1. The van der Waals surface area contributed by atoms with Gasteiger partial charge in [0.05, 0.1) is 15.7 Å². The van der Waals surface area contributed by atoms with Crippen molar-refractivity contribution in [3.63, 3.8) is 0 Å². The number of amides is 1. The first-order chi connectivity index (χ1) is 11.0. The van der Waals surface area contributed by atoms with Gasteiger partial charge in [-0.2, -0.15) is 0 Å². The molecule has 0 saturated carbocycles. The summed E-state index contributed by atoms with van der Waals surface area (Å²) in [5, 5.41) is 4.27. The number of nitrogens with zero attached hydrogens (tertiary/aromatic N) is 2. The van der Waals surface area contributed by atoms with Gasteiger partial charge >= 0.3 is 0 Å². The van der Waals surface area contributed by atoms with Crippen LogP contribution in [-0.4, -0.2) is 15.3 Å². The number of aryl methyl sites for hydroxylation is 1. The van der Waals surface area contributed by atoms with Gasteiger partial charge in [-0.25, -0.2) is 4.98 Å². The predicted molar refractivity (Wildman–Crippen MR) is 92.6 cm³/mol. The van der Waals surface area contributed by atoms with E-state index in [1.54, 1.807) is 29.7 Å². The van der Waals surface area contributed by atoms with Gasteiger partial charge in [-0.1, -0.05) is 53.0 Å². The van der Waals surface area contributed by atoms with Crippen LogP contribution >= 0.6 is 34.8 Å². The number of hydrogen-bond acceptors (Lipinski definition) is 2. The Morgan fingerprint density at radius 2 is 1.96 bits per heavy atom. The van der Waals surface area contributed by atoms with Gasteiger partial charge in [-0.05, 0) is 24.6 Å². The van der Waals surface area contributed by atoms with Crippen LogP contribution in [0.3, 0.4) is 0 Å². The van der Waals surface area contributed by atoms with Gasteiger partial charge in [0.1, 0.15) is 5.69 Å². The Morgan fingerprint density at radius 1 is 1.22 bits per heavy atom. The second-order valence-corrected chi connectivity index (χ2v) is 6.27. The predicted octanol–water partition coefficient (Wildman–Crippen LogP) is 4.53. The quantitative estimate of drug-likeness (QED) is 0.738. The van der Waals surface area contributed by atoms with Gasteiger partial charge in [0.2, 0.25) is 0 Å². The third-order valence-corrected chi connectivity index (χ3v) is 4.28. The Hall–Kier alpha value is -1.75. The highest BCUT2D eigenvalue weighted by Crippen LogP contribution is 2.24. The Bertz CT molecular complexity index is 905. The minimum Gasteiger partial charge on any atom is -0.347 e. The topological polar surface area (TPSA) is 46.4 Å². The number of benzene rings is 1. The fourth-order valence-corrected chi connectivity index (χ4v) is 3.08. The molecule has 1 aromatic carbocycles. The van der Waals surface area contributed by atoms with Crippen molar-refractivity contribution in [2.45, 2.75) is 13.5 Å². The third-order valence-electron chi connectivity index (χ3n) is 3.43. The number of carbonyl (C=O) groups is 1. The number of nitrogens with one attached hydrogen (secondary N) is 1. The number of rotatable bonds is 3. The van der Waals surface area contributed by atoms with Crippen LogP contribution in [0.4, 0.5) is 0 Å². The van der Waals surface area contributed by atoms with Gasteiger partial charge in [-0.3, -0.25) is 9.20 Å². The average molecular weight is 369 g/mol. The van der Waals surface area contributed by atoms with Gasteiger partial charge < -0.3 is 5.32 Å². The molecule has 0 saturated heterocycles. The lowest BCUT2D eigenvalue weighted by atomic mass is 10.2. The number of halogens is 3. The summed E-state index contributed by atoms with van der Waals surface area (Å²) in [7, 11) is 0. The molecular formula is C16H12Cl3N3O. The van der Waals surface area contributed by atoms with E-state index < -0.39 is 0 Å². The van der Waals surface area contributed by atoms with Gasteiger partial charge in [0.25, 0.3) is 5.91 Å². The first kappa shape index (κ1) is 16.1. The molecular weight excluding hydrogens is 357 g/mol. The fourth-order valence-electron chi connectivity index (χ4n) is 2.36. The molecule has 118 valence electrons. The number of hydrogen-bond donors (Lipinski definition) is 1. The van der Waals surface area contributed by atoms with Crippen molar-refractivity contribution in [2.75, 3.05) is 0 Å². The summed E-state index contributed by atoms with van der Waals surface area (Å²) in [4.78, 5) is 16.9. The molecule has 3 aromatic rings. The molecule has 0 aliphatic rings. The van der Waals surface area contributed by atoms with E-state index in [9.17, 15) is 4.79 Å². The van der Waals surface area contributed by atoms with Crippen LogP contribution in [0.25, 0.3) is 5.65 Å². The van der Waals surface area contributed by atoms with Crippen molar-refractivity contribution in [3.05, 3.63) is 68.5 Å². The molecule has 4 nitrogen and oxygen atoms in total. The maximum atomic E-state index is 12.5. The largest absolute Gasteiger partial charge is 0.347 e. The van der Waals surface area contributed by atoms with E-state index in [-0.39, 0.29) is 5.91 Å². The van der Waals surface area contributed by atoms with Crippen molar-refractivity contribution in [3.8, 4) is 0 Å². The molecule has 23 heavy (non-hydrogen) atoms. The monoisotopic (exact) mass is 367 g/mol. The minimum atomic E-state index is -0.270. The molecule has 7 heteroatoms. The van der Waals surface area contributed by atoms with Gasteiger partial charge in [0, 0.05) is 17.8 Å². The van der Waals surface area contributed by atoms with Crippen molar-refractivity contribution >= 4 is 46.4 Å². The molecule has 0 bridgehead atoms. The molecule has 2 aromatic heterocycles. The summed E-state index contributed by atoms with van der Waals surface area (Å²) >= 11 is 18.2. The maximum Gasteiger partial charge on any atom is 0.270 e. The second kappa shape index (κ2) is 6.40. The SMILES string of the molecule is Cc1nc2c(Cl)cc(Cl)cn2c1C(=O)NCc1ccccc1Cl. The van der Waals surface area contributed by atoms with E-state index in [0.717, 1.165) is 5.56 Å². The van der Waals surface area contributed by atoms with Crippen LogP contribution in [0.1, 0.15) is 21.7 Å². The van der Waals surface area contributed by atoms with Crippen molar-refractivity contribution in [2.24, 2.45) is 0 Å². The molecule has 1 N–H and O–H groups in total. The highest BCUT2D eigenvalue weighted by molar-refractivity contribution is 6.36. The summed E-state index contributed by atoms with van der Waals surface area (Å²) in [6.07, 6.45) is 1.62. The summed E-state index contributed by atoms with van der Waals surface area (Å²) in [6.45, 7) is 2.07. The average Bonchev–Trinajstić information content (AvgIpc) is 2.83. The minimum absolute atomic E-state index is 0.270. The maximum absolute atomic E-state index is 12.5. The molecule has 0 unspecified atom stereocenters. The molecule has 0 fully saturated rings.